The summed E-state index contributed by atoms with van der Waals surface area (Å²) < 4.78 is 25.7. The fraction of sp³-hybridized carbons (Fsp3) is 0.946. The number of esters is 1. The van der Waals surface area contributed by atoms with Gasteiger partial charge >= 0.3 is 5.97 Å². The zero-order valence-corrected chi connectivity index (χ0v) is 31.0. The quantitative estimate of drug-likeness (QED) is 0.233. The van der Waals surface area contributed by atoms with Gasteiger partial charge in [-0.3, -0.25) is 14.5 Å². The number of nitrogens with zero attached hydrogens (tertiary/aromatic N) is 3. The highest BCUT2D eigenvalue weighted by molar-refractivity contribution is 6.04. The normalized spacial score (nSPS) is 40.2. The van der Waals surface area contributed by atoms with Crippen molar-refractivity contribution in [2.75, 3.05) is 54.5 Å². The van der Waals surface area contributed by atoms with Gasteiger partial charge in [0.05, 0.1) is 17.8 Å². The Morgan fingerprint density at radius 3 is 2.24 bits per heavy atom. The summed E-state index contributed by atoms with van der Waals surface area (Å²) in [6.45, 7) is 17.3. The smallest absolute Gasteiger partial charge is 0.319 e. The molecule has 2 aliphatic heterocycles. The summed E-state index contributed by atoms with van der Waals surface area (Å²) in [6.07, 6.45) is 7.30. The first-order chi connectivity index (χ1) is 21.6. The Bertz CT molecular complexity index is 1010. The molecule has 0 radical (unpaired) electrons. The second-order valence-electron chi connectivity index (χ2n) is 16.6. The fourth-order valence-corrected chi connectivity index (χ4v) is 8.54. The third-order valence-corrected chi connectivity index (χ3v) is 11.8. The molecule has 9 nitrogen and oxygen atoms in total. The molecule has 266 valence electrons. The molecule has 2 saturated carbocycles. The maximum absolute atomic E-state index is 14.3. The predicted molar refractivity (Wildman–Crippen MR) is 182 cm³/mol. The molecule has 2 aliphatic carbocycles. The molecule has 0 aromatic heterocycles. The summed E-state index contributed by atoms with van der Waals surface area (Å²) in [6, 6.07) is 1.03. The molecule has 8 atom stereocenters. The van der Waals surface area contributed by atoms with Gasteiger partial charge in [-0.05, 0) is 118 Å². The van der Waals surface area contributed by atoms with Gasteiger partial charge in [0.1, 0.15) is 12.0 Å². The van der Waals surface area contributed by atoms with Crippen molar-refractivity contribution in [1.29, 1.82) is 0 Å². The minimum absolute atomic E-state index is 0.0326. The van der Waals surface area contributed by atoms with E-state index in [1.165, 1.54) is 19.4 Å². The average Bonchev–Trinajstić information content (AvgIpc) is 3.78. The Labute approximate surface area is 280 Å². The van der Waals surface area contributed by atoms with E-state index >= 15 is 0 Å². The molecule has 0 bridgehead atoms. The van der Waals surface area contributed by atoms with E-state index in [0.717, 1.165) is 44.7 Å². The SMILES string of the molecule is CCCN1C[C@H](C)C[C@@](C)(OC)[C@H](O[C@H]2C[C@@H](N(C)C)C[C@@H](C)O2)[C@@H](C)C(=O)C(C)(C)C(=O)OC[C@H]1C1CC(N(C)CC2CC2)C1. The van der Waals surface area contributed by atoms with Crippen molar-refractivity contribution in [3.05, 3.63) is 0 Å². The number of hydrogen-bond donors (Lipinski definition) is 0. The van der Waals surface area contributed by atoms with E-state index in [4.69, 9.17) is 18.9 Å². The number of ketones is 1. The number of methoxy groups -OCH3 is 1. The molecule has 46 heavy (non-hydrogen) atoms. The van der Waals surface area contributed by atoms with E-state index < -0.39 is 35.3 Å². The summed E-state index contributed by atoms with van der Waals surface area (Å²) in [5.74, 6) is 0.342. The van der Waals surface area contributed by atoms with Gasteiger partial charge in [0, 0.05) is 50.7 Å². The highest BCUT2D eigenvalue weighted by Gasteiger charge is 2.51. The molecule has 4 fully saturated rings. The Kier molecular flexibility index (Phi) is 12.8. The van der Waals surface area contributed by atoms with E-state index in [1.54, 1.807) is 21.0 Å². The first kappa shape index (κ1) is 37.7. The molecule has 4 rings (SSSR count). The molecule has 9 heteroatoms. The van der Waals surface area contributed by atoms with Crippen LogP contribution in [0.25, 0.3) is 0 Å². The van der Waals surface area contributed by atoms with Gasteiger partial charge in [-0.15, -0.1) is 0 Å². The first-order valence-electron chi connectivity index (χ1n) is 18.3. The van der Waals surface area contributed by atoms with Crippen molar-refractivity contribution < 1.29 is 28.5 Å². The fourth-order valence-electron chi connectivity index (χ4n) is 8.54. The van der Waals surface area contributed by atoms with Gasteiger partial charge in [0.2, 0.25) is 0 Å². The van der Waals surface area contributed by atoms with Gasteiger partial charge in [0.25, 0.3) is 0 Å². The van der Waals surface area contributed by atoms with Crippen LogP contribution < -0.4 is 0 Å². The maximum atomic E-state index is 14.3. The zero-order valence-electron chi connectivity index (χ0n) is 31.0. The lowest BCUT2D eigenvalue weighted by molar-refractivity contribution is -0.263. The molecule has 0 amide bonds. The van der Waals surface area contributed by atoms with E-state index in [1.807, 2.05) is 6.92 Å². The Morgan fingerprint density at radius 2 is 1.65 bits per heavy atom. The van der Waals surface area contributed by atoms with Crippen molar-refractivity contribution in [1.82, 2.24) is 14.7 Å². The lowest BCUT2D eigenvalue weighted by Gasteiger charge is -2.48. The van der Waals surface area contributed by atoms with Crippen LogP contribution >= 0.6 is 0 Å². The van der Waals surface area contributed by atoms with Gasteiger partial charge in [-0.2, -0.15) is 0 Å². The number of rotatable bonds is 10. The van der Waals surface area contributed by atoms with Crippen LogP contribution in [0, 0.1) is 29.1 Å². The van der Waals surface area contributed by atoms with Crippen LogP contribution in [-0.2, 0) is 28.5 Å². The van der Waals surface area contributed by atoms with Crippen LogP contribution in [0.1, 0.15) is 99.8 Å². The molecule has 0 aromatic carbocycles. The Morgan fingerprint density at radius 1 is 0.978 bits per heavy atom. The molecular weight excluding hydrogens is 582 g/mol. The van der Waals surface area contributed by atoms with Crippen LogP contribution in [0.15, 0.2) is 0 Å². The second kappa shape index (κ2) is 15.6. The zero-order chi connectivity index (χ0) is 34.0. The van der Waals surface area contributed by atoms with E-state index in [2.05, 4.69) is 63.5 Å². The summed E-state index contributed by atoms with van der Waals surface area (Å²) >= 11 is 0. The van der Waals surface area contributed by atoms with Gasteiger partial charge in [0.15, 0.2) is 12.1 Å². The third-order valence-electron chi connectivity index (χ3n) is 11.8. The van der Waals surface area contributed by atoms with E-state index in [9.17, 15) is 9.59 Å². The van der Waals surface area contributed by atoms with Crippen LogP contribution in [0.2, 0.25) is 0 Å². The number of Topliss-reactive ketones (excluding diaryl/α,β-unsaturated/α-hetero) is 1. The van der Waals surface area contributed by atoms with Crippen LogP contribution in [0.3, 0.4) is 0 Å². The standard InChI is InChI=1S/C37H67N3O6/c1-12-15-40-21-24(2)20-37(7,43-11)34(46-32-19-29(38(8)9)16-25(3)45-32)26(4)33(41)36(5,6)35(42)44-23-31(40)28-17-30(18-28)39(10)22-27-13-14-27/h24-32,34H,12-23H2,1-11H3/t24-,25-,26+,28?,29+,30?,31+,32+,34-,37-/m1/s1. The molecule has 0 aromatic rings. The number of carbonyl (C=O) groups is 2. The lowest BCUT2D eigenvalue weighted by atomic mass is 9.74. The highest BCUT2D eigenvalue weighted by atomic mass is 16.7. The average molecular weight is 650 g/mol. The van der Waals surface area contributed by atoms with E-state index in [-0.39, 0.29) is 23.8 Å². The number of carbonyl (C=O) groups excluding carboxylic acids is 2. The minimum Gasteiger partial charge on any atom is -0.463 e. The topological polar surface area (TPSA) is 80.8 Å². The summed E-state index contributed by atoms with van der Waals surface area (Å²) in [5.41, 5.74) is -2.10. The summed E-state index contributed by atoms with van der Waals surface area (Å²) in [5, 5.41) is 0. The first-order valence-corrected chi connectivity index (χ1v) is 18.3. The monoisotopic (exact) mass is 650 g/mol. The minimum atomic E-state index is -1.32. The van der Waals surface area contributed by atoms with Crippen molar-refractivity contribution in [2.45, 2.75) is 142 Å². The number of cyclic esters (lactones) is 1. The Balaban J connectivity index is 1.61. The summed E-state index contributed by atoms with van der Waals surface area (Å²) in [7, 11) is 8.18. The van der Waals surface area contributed by atoms with Gasteiger partial charge in [-0.1, -0.05) is 20.8 Å². The van der Waals surface area contributed by atoms with Crippen molar-refractivity contribution in [3.8, 4) is 0 Å². The van der Waals surface area contributed by atoms with Gasteiger partial charge < -0.3 is 28.7 Å². The van der Waals surface area contributed by atoms with Crippen molar-refractivity contribution >= 4 is 11.8 Å². The molecular formula is C37H67N3O6. The largest absolute Gasteiger partial charge is 0.463 e. The van der Waals surface area contributed by atoms with Gasteiger partial charge in [-0.25, -0.2) is 0 Å². The van der Waals surface area contributed by atoms with E-state index in [0.29, 0.717) is 37.5 Å². The maximum Gasteiger partial charge on any atom is 0.319 e. The predicted octanol–water partition coefficient (Wildman–Crippen LogP) is 5.25. The molecule has 0 unspecified atom stereocenters. The lowest BCUT2D eigenvalue weighted by Crippen LogP contribution is -2.56. The Hall–Kier alpha value is -1.10. The summed E-state index contributed by atoms with van der Waals surface area (Å²) in [4.78, 5) is 35.5. The second-order valence-corrected chi connectivity index (χ2v) is 16.6. The highest BCUT2D eigenvalue weighted by Crippen LogP contribution is 2.41. The third kappa shape index (κ3) is 8.92. The molecule has 2 heterocycles. The molecule has 4 aliphatic rings. The van der Waals surface area contributed by atoms with Crippen molar-refractivity contribution in [3.63, 3.8) is 0 Å². The van der Waals surface area contributed by atoms with Crippen molar-refractivity contribution in [2.24, 2.45) is 29.1 Å². The molecule has 0 spiro atoms. The number of ether oxygens (including phenoxy) is 4. The van der Waals surface area contributed by atoms with Crippen LogP contribution in [-0.4, -0.2) is 123 Å². The molecule has 0 N–H and O–H groups in total. The number of hydrogen-bond acceptors (Lipinski definition) is 9. The molecule has 2 saturated heterocycles. The van der Waals surface area contributed by atoms with Crippen LogP contribution in [0.4, 0.5) is 0 Å². The van der Waals surface area contributed by atoms with Crippen LogP contribution in [0.5, 0.6) is 0 Å².